The molecule has 1 saturated carbocycles. The Morgan fingerprint density at radius 1 is 1.17 bits per heavy atom. The lowest BCUT2D eigenvalue weighted by molar-refractivity contribution is -0.383. The SMILES string of the molecule is O=C(c1cocn1)N(c1ccc(F)cc1C1CC1)c1ccc([N+](=O)[O-])c2nonc12. The van der Waals surface area contributed by atoms with E-state index in [2.05, 4.69) is 15.3 Å². The lowest BCUT2D eigenvalue weighted by Crippen LogP contribution is -2.27. The molecule has 0 atom stereocenters. The Morgan fingerprint density at radius 2 is 1.93 bits per heavy atom. The van der Waals surface area contributed by atoms with E-state index in [1.807, 2.05) is 0 Å². The lowest BCUT2D eigenvalue weighted by atomic mass is 10.1. The summed E-state index contributed by atoms with van der Waals surface area (Å²) in [6.45, 7) is 0. The average molecular weight is 409 g/mol. The number of aromatic nitrogens is 3. The van der Waals surface area contributed by atoms with Crippen LogP contribution < -0.4 is 4.90 Å². The number of hydrogen-bond donors (Lipinski definition) is 0. The fourth-order valence-electron chi connectivity index (χ4n) is 3.40. The molecule has 0 aliphatic heterocycles. The number of nitrogens with zero attached hydrogens (tertiary/aromatic N) is 5. The van der Waals surface area contributed by atoms with Crippen molar-refractivity contribution in [3.05, 3.63) is 70.2 Å². The third kappa shape index (κ3) is 2.87. The van der Waals surface area contributed by atoms with Crippen LogP contribution in [0, 0.1) is 15.9 Å². The first kappa shape index (κ1) is 17.9. The van der Waals surface area contributed by atoms with Gasteiger partial charge in [0.15, 0.2) is 17.6 Å². The predicted molar refractivity (Wildman–Crippen MR) is 99.8 cm³/mol. The molecular weight excluding hydrogens is 397 g/mol. The zero-order valence-electron chi connectivity index (χ0n) is 15.2. The summed E-state index contributed by atoms with van der Waals surface area (Å²) in [5.74, 6) is -0.894. The molecule has 0 spiro atoms. The van der Waals surface area contributed by atoms with Crippen molar-refractivity contribution in [2.24, 2.45) is 0 Å². The van der Waals surface area contributed by atoms with Crippen molar-refractivity contribution in [1.82, 2.24) is 15.3 Å². The fraction of sp³-hybridized carbons (Fsp3) is 0.158. The molecule has 30 heavy (non-hydrogen) atoms. The van der Waals surface area contributed by atoms with Crippen LogP contribution in [0.3, 0.4) is 0 Å². The fourth-order valence-corrected chi connectivity index (χ4v) is 3.40. The maximum Gasteiger partial charge on any atom is 0.300 e. The van der Waals surface area contributed by atoms with Gasteiger partial charge in [0, 0.05) is 6.07 Å². The average Bonchev–Trinajstić information content (AvgIpc) is 3.22. The molecule has 1 aliphatic rings. The Bertz CT molecular complexity index is 1280. The molecule has 0 bridgehead atoms. The second-order valence-corrected chi connectivity index (χ2v) is 6.81. The number of nitro benzene ring substituents is 1. The number of nitro groups is 1. The smallest absolute Gasteiger partial charge is 0.300 e. The van der Waals surface area contributed by atoms with Gasteiger partial charge in [-0.25, -0.2) is 14.0 Å². The molecule has 10 nitrogen and oxygen atoms in total. The molecule has 0 N–H and O–H groups in total. The summed E-state index contributed by atoms with van der Waals surface area (Å²) in [6.07, 6.45) is 4.02. The molecule has 2 aromatic heterocycles. The van der Waals surface area contributed by atoms with Crippen molar-refractivity contribution in [1.29, 1.82) is 0 Å². The van der Waals surface area contributed by atoms with Crippen LogP contribution in [0.5, 0.6) is 0 Å². The molecule has 1 amide bonds. The summed E-state index contributed by atoms with van der Waals surface area (Å²) >= 11 is 0. The highest BCUT2D eigenvalue weighted by Gasteiger charge is 2.34. The Kier molecular flexibility index (Phi) is 4.02. The number of non-ortho nitro benzene ring substituents is 1. The van der Waals surface area contributed by atoms with Crippen LogP contribution >= 0.6 is 0 Å². The Labute approximate surface area is 167 Å². The van der Waals surface area contributed by atoms with E-state index in [-0.39, 0.29) is 34.0 Å². The van der Waals surface area contributed by atoms with Gasteiger partial charge in [0.25, 0.3) is 5.91 Å². The summed E-state index contributed by atoms with van der Waals surface area (Å²) in [4.78, 5) is 29.3. The first-order valence-electron chi connectivity index (χ1n) is 8.96. The second kappa shape index (κ2) is 6.72. The third-order valence-electron chi connectivity index (χ3n) is 4.91. The molecular formula is C19H12FN5O5. The van der Waals surface area contributed by atoms with E-state index in [1.165, 1.54) is 41.5 Å². The van der Waals surface area contributed by atoms with Gasteiger partial charge in [0.2, 0.25) is 5.52 Å². The number of amides is 1. The zero-order chi connectivity index (χ0) is 20.8. The molecule has 5 rings (SSSR count). The molecule has 0 radical (unpaired) electrons. The lowest BCUT2D eigenvalue weighted by Gasteiger charge is -2.24. The van der Waals surface area contributed by atoms with Gasteiger partial charge < -0.3 is 4.42 Å². The number of carbonyl (C=O) groups is 1. The van der Waals surface area contributed by atoms with Crippen LogP contribution in [0.15, 0.2) is 52.0 Å². The monoisotopic (exact) mass is 409 g/mol. The second-order valence-electron chi connectivity index (χ2n) is 6.81. The molecule has 4 aromatic rings. The van der Waals surface area contributed by atoms with Crippen LogP contribution in [0.1, 0.15) is 34.8 Å². The van der Waals surface area contributed by atoms with Gasteiger partial charge in [-0.05, 0) is 58.9 Å². The van der Waals surface area contributed by atoms with Gasteiger partial charge in [-0.1, -0.05) is 0 Å². The van der Waals surface area contributed by atoms with Crippen LogP contribution in [0.25, 0.3) is 11.0 Å². The quantitative estimate of drug-likeness (QED) is 0.356. The number of carbonyl (C=O) groups excluding carboxylic acids is 1. The van der Waals surface area contributed by atoms with E-state index >= 15 is 0 Å². The number of fused-ring (bicyclic) bond motifs is 1. The highest BCUT2D eigenvalue weighted by atomic mass is 19.1. The summed E-state index contributed by atoms with van der Waals surface area (Å²) < 4.78 is 23.6. The normalized spacial score (nSPS) is 13.5. The van der Waals surface area contributed by atoms with Gasteiger partial charge >= 0.3 is 5.69 Å². The number of anilines is 2. The first-order valence-corrected chi connectivity index (χ1v) is 8.96. The van der Waals surface area contributed by atoms with Gasteiger partial charge in [0.05, 0.1) is 16.3 Å². The number of benzene rings is 2. The summed E-state index contributed by atoms with van der Waals surface area (Å²) in [6, 6.07) is 6.71. The number of halogens is 1. The van der Waals surface area contributed by atoms with Crippen molar-refractivity contribution in [2.45, 2.75) is 18.8 Å². The van der Waals surface area contributed by atoms with Crippen molar-refractivity contribution in [2.75, 3.05) is 4.90 Å². The topological polar surface area (TPSA) is 128 Å². The molecule has 150 valence electrons. The number of oxazole rings is 1. The molecule has 0 saturated heterocycles. The number of rotatable bonds is 5. The van der Waals surface area contributed by atoms with Crippen molar-refractivity contribution in [3.8, 4) is 0 Å². The van der Waals surface area contributed by atoms with E-state index in [0.717, 1.165) is 19.2 Å². The number of hydrogen-bond acceptors (Lipinski definition) is 8. The van der Waals surface area contributed by atoms with Gasteiger partial charge in [0.1, 0.15) is 12.1 Å². The largest absolute Gasteiger partial charge is 0.451 e. The maximum atomic E-state index is 14.0. The van der Waals surface area contributed by atoms with Gasteiger partial charge in [-0.15, -0.1) is 0 Å². The van der Waals surface area contributed by atoms with Crippen molar-refractivity contribution >= 4 is 34.0 Å². The van der Waals surface area contributed by atoms with E-state index in [9.17, 15) is 19.3 Å². The molecule has 0 unspecified atom stereocenters. The third-order valence-corrected chi connectivity index (χ3v) is 4.91. The minimum absolute atomic E-state index is 0.00373. The van der Waals surface area contributed by atoms with Crippen molar-refractivity contribution in [3.63, 3.8) is 0 Å². The Hall–Kier alpha value is -4.15. The summed E-state index contributed by atoms with van der Waals surface area (Å²) in [7, 11) is 0. The molecule has 1 aliphatic carbocycles. The van der Waals surface area contributed by atoms with Crippen LogP contribution in [-0.2, 0) is 0 Å². The highest BCUT2D eigenvalue weighted by molar-refractivity contribution is 6.14. The van der Waals surface area contributed by atoms with Crippen LogP contribution in [0.2, 0.25) is 0 Å². The minimum Gasteiger partial charge on any atom is -0.451 e. The molecule has 11 heteroatoms. The van der Waals surface area contributed by atoms with Gasteiger partial charge in [-0.3, -0.25) is 19.8 Å². The zero-order valence-corrected chi connectivity index (χ0v) is 15.2. The van der Waals surface area contributed by atoms with Crippen LogP contribution in [-0.4, -0.2) is 26.1 Å². The standard InChI is InChI=1S/C19H12FN5O5/c20-11-3-4-14(12(7-11)10-1-2-10)24(19(26)13-8-29-9-21-13)15-5-6-16(25(27)28)18-17(15)22-30-23-18/h3-10H,1-2H2. The summed E-state index contributed by atoms with van der Waals surface area (Å²) in [5, 5.41) is 18.7. The minimum atomic E-state index is -0.617. The van der Waals surface area contributed by atoms with E-state index in [1.54, 1.807) is 0 Å². The van der Waals surface area contributed by atoms with Crippen molar-refractivity contribution < 1.29 is 23.2 Å². The van der Waals surface area contributed by atoms with Crippen LogP contribution in [0.4, 0.5) is 21.5 Å². The Morgan fingerprint density at radius 3 is 2.63 bits per heavy atom. The molecule has 2 heterocycles. The predicted octanol–water partition coefficient (Wildman–Crippen LogP) is 4.11. The van der Waals surface area contributed by atoms with E-state index in [0.29, 0.717) is 11.3 Å². The molecule has 2 aromatic carbocycles. The van der Waals surface area contributed by atoms with Gasteiger partial charge in [-0.2, -0.15) is 0 Å². The Balaban J connectivity index is 1.76. The van der Waals surface area contributed by atoms with E-state index < -0.39 is 16.6 Å². The maximum absolute atomic E-state index is 14.0. The van der Waals surface area contributed by atoms with E-state index in [4.69, 9.17) is 9.05 Å². The summed E-state index contributed by atoms with van der Waals surface area (Å²) in [5.41, 5.74) is 0.866. The highest BCUT2D eigenvalue weighted by Crippen LogP contribution is 2.47. The first-order chi connectivity index (χ1) is 14.5. The molecule has 1 fully saturated rings.